The molecule has 0 aliphatic rings. The van der Waals surface area contributed by atoms with Crippen LogP contribution < -0.4 is 5.46 Å². The molecule has 0 fully saturated rings. The van der Waals surface area contributed by atoms with Crippen LogP contribution in [-0.2, 0) is 0 Å². The summed E-state index contributed by atoms with van der Waals surface area (Å²) in [5.41, 5.74) is 10.5. The van der Waals surface area contributed by atoms with Crippen molar-refractivity contribution in [2.45, 2.75) is 0 Å². The van der Waals surface area contributed by atoms with E-state index in [4.69, 9.17) is 4.98 Å². The highest BCUT2D eigenvalue weighted by Crippen LogP contribution is 2.44. The number of benzene rings is 7. The van der Waals surface area contributed by atoms with Gasteiger partial charge in [0.2, 0.25) is 0 Å². The molecule has 0 aliphatic heterocycles. The number of para-hydroxylation sites is 3. The Kier molecular flexibility index (Phi) is 5.75. The Labute approximate surface area is 245 Å². The Morgan fingerprint density at radius 3 is 1.67 bits per heavy atom. The third kappa shape index (κ3) is 3.94. The number of fused-ring (bicyclic) bond motifs is 3. The lowest BCUT2D eigenvalue weighted by atomic mass is 9.85. The zero-order valence-corrected chi connectivity index (χ0v) is 23.3. The fourth-order valence-electron chi connectivity index (χ4n) is 6.34. The van der Waals surface area contributed by atoms with Crippen LogP contribution in [-0.4, -0.2) is 17.4 Å². The summed E-state index contributed by atoms with van der Waals surface area (Å²) >= 11 is 0. The summed E-state index contributed by atoms with van der Waals surface area (Å²) in [7, 11) is 2.14. The van der Waals surface area contributed by atoms with E-state index in [9.17, 15) is 0 Å². The van der Waals surface area contributed by atoms with Gasteiger partial charge < -0.3 is 0 Å². The van der Waals surface area contributed by atoms with E-state index in [-0.39, 0.29) is 0 Å². The summed E-state index contributed by atoms with van der Waals surface area (Å²) in [5.74, 6) is 0.939. The summed E-state index contributed by atoms with van der Waals surface area (Å²) in [6.45, 7) is 0. The Morgan fingerprint density at radius 2 is 1.00 bits per heavy atom. The van der Waals surface area contributed by atoms with Crippen LogP contribution in [0, 0.1) is 0 Å². The third-order valence-corrected chi connectivity index (χ3v) is 8.26. The molecule has 0 radical (unpaired) electrons. The highest BCUT2D eigenvalue weighted by molar-refractivity contribution is 6.32. The lowest BCUT2D eigenvalue weighted by Gasteiger charge is -2.18. The van der Waals surface area contributed by atoms with Crippen molar-refractivity contribution in [2.24, 2.45) is 0 Å². The normalized spacial score (nSPS) is 11.4. The molecule has 0 N–H and O–H groups in total. The molecule has 0 spiro atoms. The Hall–Kier alpha value is -5.41. The number of nitrogens with zero attached hydrogens (tertiary/aromatic N) is 2. The first kappa shape index (κ1) is 24.4. The summed E-state index contributed by atoms with van der Waals surface area (Å²) in [4.78, 5) is 5.14. The minimum Gasteiger partial charge on any atom is -0.292 e. The zero-order chi connectivity index (χ0) is 28.0. The first-order chi connectivity index (χ1) is 20.8. The smallest absolute Gasteiger partial charge is 0.145 e. The van der Waals surface area contributed by atoms with Gasteiger partial charge in [0, 0.05) is 11.3 Å². The van der Waals surface area contributed by atoms with Gasteiger partial charge in [-0.2, -0.15) is 0 Å². The maximum absolute atomic E-state index is 5.14. The SMILES string of the molecule is Bc1ccc(-c2c3ccccc3c(-c3cccc(-c4nc5ccccc5n4-c4ccccc4)c3)c3ccccc23)cc1. The number of rotatable bonds is 4. The molecule has 8 aromatic rings. The maximum Gasteiger partial charge on any atom is 0.145 e. The van der Waals surface area contributed by atoms with Crippen LogP contribution in [0.1, 0.15) is 0 Å². The van der Waals surface area contributed by atoms with Crippen molar-refractivity contribution in [2.75, 3.05) is 0 Å². The predicted octanol–water partition coefficient (Wildman–Crippen LogP) is 8.59. The molecule has 1 heterocycles. The summed E-state index contributed by atoms with van der Waals surface area (Å²) in [5, 5.41) is 5.02. The molecule has 0 saturated carbocycles. The molecular formula is C39H27BN2. The number of aromatic nitrogens is 2. The molecule has 7 aromatic carbocycles. The quantitative estimate of drug-likeness (QED) is 0.163. The summed E-state index contributed by atoms with van der Waals surface area (Å²) in [6.07, 6.45) is 0. The average molecular weight is 534 g/mol. The standard InChI is InChI=1S/C39H27BN2/c40-29-23-21-26(22-24-29)37-31-15-4-6-17-33(31)38(34-18-7-5-16-32(34)37)27-11-10-12-28(25-27)39-41-35-19-8-9-20-36(35)42(39)30-13-2-1-3-14-30/h1-25H,40H2. The molecule has 196 valence electrons. The first-order valence-corrected chi connectivity index (χ1v) is 14.4. The highest BCUT2D eigenvalue weighted by Gasteiger charge is 2.18. The largest absolute Gasteiger partial charge is 0.292 e. The lowest BCUT2D eigenvalue weighted by molar-refractivity contribution is 1.10. The molecule has 1 aromatic heterocycles. The fourth-order valence-corrected chi connectivity index (χ4v) is 6.34. The van der Waals surface area contributed by atoms with Crippen LogP contribution in [0.5, 0.6) is 0 Å². The van der Waals surface area contributed by atoms with Gasteiger partial charge in [-0.3, -0.25) is 4.57 Å². The van der Waals surface area contributed by atoms with Crippen molar-refractivity contribution in [3.8, 4) is 39.3 Å². The van der Waals surface area contributed by atoms with E-state index in [2.05, 4.69) is 164 Å². The van der Waals surface area contributed by atoms with Gasteiger partial charge in [-0.15, -0.1) is 0 Å². The molecule has 8 rings (SSSR count). The molecule has 3 heteroatoms. The van der Waals surface area contributed by atoms with Gasteiger partial charge in [-0.05, 0) is 74.1 Å². The highest BCUT2D eigenvalue weighted by atomic mass is 15.1. The van der Waals surface area contributed by atoms with Crippen LogP contribution in [0.2, 0.25) is 0 Å². The average Bonchev–Trinajstić information content (AvgIpc) is 3.44. The van der Waals surface area contributed by atoms with Crippen LogP contribution in [0.15, 0.2) is 152 Å². The second kappa shape index (κ2) is 9.90. The van der Waals surface area contributed by atoms with Gasteiger partial charge >= 0.3 is 0 Å². The van der Waals surface area contributed by atoms with Gasteiger partial charge in [-0.25, -0.2) is 4.98 Å². The van der Waals surface area contributed by atoms with Crippen molar-refractivity contribution in [1.82, 2.24) is 9.55 Å². The number of hydrogen-bond donors (Lipinski definition) is 0. The van der Waals surface area contributed by atoms with Gasteiger partial charge in [0.1, 0.15) is 13.7 Å². The van der Waals surface area contributed by atoms with E-state index < -0.39 is 0 Å². The van der Waals surface area contributed by atoms with Crippen LogP contribution in [0.25, 0.3) is 71.9 Å². The zero-order valence-electron chi connectivity index (χ0n) is 23.3. The molecule has 0 unspecified atom stereocenters. The minimum absolute atomic E-state index is 0.939. The number of hydrogen-bond acceptors (Lipinski definition) is 1. The molecule has 0 atom stereocenters. The summed E-state index contributed by atoms with van der Waals surface area (Å²) in [6, 6.07) is 54.3. The predicted molar refractivity (Wildman–Crippen MR) is 181 cm³/mol. The first-order valence-electron chi connectivity index (χ1n) is 14.4. The third-order valence-electron chi connectivity index (χ3n) is 8.26. The molecule has 0 saturated heterocycles. The maximum atomic E-state index is 5.14. The van der Waals surface area contributed by atoms with Crippen LogP contribution in [0.4, 0.5) is 0 Å². The van der Waals surface area contributed by atoms with E-state index >= 15 is 0 Å². The second-order valence-corrected chi connectivity index (χ2v) is 10.9. The molecule has 2 nitrogen and oxygen atoms in total. The molecule has 42 heavy (non-hydrogen) atoms. The van der Waals surface area contributed by atoms with E-state index in [1.807, 2.05) is 0 Å². The monoisotopic (exact) mass is 534 g/mol. The van der Waals surface area contributed by atoms with Crippen molar-refractivity contribution in [3.05, 3.63) is 152 Å². The van der Waals surface area contributed by atoms with Crippen molar-refractivity contribution < 1.29 is 0 Å². The second-order valence-electron chi connectivity index (χ2n) is 10.9. The Bertz CT molecular complexity index is 2190. The van der Waals surface area contributed by atoms with Crippen molar-refractivity contribution in [3.63, 3.8) is 0 Å². The molecule has 0 amide bonds. The minimum atomic E-state index is 0.939. The van der Waals surface area contributed by atoms with Crippen LogP contribution in [0.3, 0.4) is 0 Å². The fraction of sp³-hybridized carbons (Fsp3) is 0. The van der Waals surface area contributed by atoms with E-state index in [1.165, 1.54) is 49.3 Å². The van der Waals surface area contributed by atoms with Gasteiger partial charge in [-0.1, -0.05) is 127 Å². The molecular weight excluding hydrogens is 507 g/mol. The molecule has 0 aliphatic carbocycles. The van der Waals surface area contributed by atoms with Crippen molar-refractivity contribution >= 4 is 45.9 Å². The van der Waals surface area contributed by atoms with E-state index in [0.717, 1.165) is 28.1 Å². The van der Waals surface area contributed by atoms with Gasteiger partial charge in [0.15, 0.2) is 0 Å². The number of imidazole rings is 1. The van der Waals surface area contributed by atoms with E-state index in [0.29, 0.717) is 0 Å². The van der Waals surface area contributed by atoms with Gasteiger partial charge in [0.05, 0.1) is 11.0 Å². The summed E-state index contributed by atoms with van der Waals surface area (Å²) < 4.78 is 2.27. The lowest BCUT2D eigenvalue weighted by Crippen LogP contribution is -1.99. The van der Waals surface area contributed by atoms with Gasteiger partial charge in [0.25, 0.3) is 0 Å². The Morgan fingerprint density at radius 1 is 0.452 bits per heavy atom. The van der Waals surface area contributed by atoms with Crippen molar-refractivity contribution in [1.29, 1.82) is 0 Å². The molecule has 0 bridgehead atoms. The topological polar surface area (TPSA) is 17.8 Å². The van der Waals surface area contributed by atoms with Crippen LogP contribution >= 0.6 is 0 Å². The van der Waals surface area contributed by atoms with E-state index in [1.54, 1.807) is 0 Å². The Balaban J connectivity index is 1.41.